The number of unbranched alkanes of at least 4 members (excludes halogenated alkanes) is 7. The molecule has 5 heteroatoms. The zero-order valence-electron chi connectivity index (χ0n) is 11.9. The van der Waals surface area contributed by atoms with E-state index in [1.165, 1.54) is 32.1 Å². The van der Waals surface area contributed by atoms with Crippen molar-refractivity contribution >= 4 is 24.5 Å². The quantitative estimate of drug-likeness (QED) is 0.382. The molecule has 0 saturated heterocycles. The summed E-state index contributed by atoms with van der Waals surface area (Å²) in [5.74, 6) is -1.09. The number of rotatable bonds is 12. The van der Waals surface area contributed by atoms with Crippen LogP contribution in [0.3, 0.4) is 0 Å². The third-order valence-electron chi connectivity index (χ3n) is 3.07. The van der Waals surface area contributed by atoms with Crippen LogP contribution in [0.2, 0.25) is 0 Å². The molecule has 0 rings (SSSR count). The Morgan fingerprint density at radius 2 is 1.58 bits per heavy atom. The van der Waals surface area contributed by atoms with Crippen molar-refractivity contribution in [2.24, 2.45) is 0 Å². The van der Waals surface area contributed by atoms with Crippen molar-refractivity contribution in [2.75, 3.05) is 5.75 Å². The van der Waals surface area contributed by atoms with Gasteiger partial charge in [-0.2, -0.15) is 12.6 Å². The van der Waals surface area contributed by atoms with Crippen LogP contribution in [0.4, 0.5) is 0 Å². The lowest BCUT2D eigenvalue weighted by Gasteiger charge is -2.11. The molecule has 1 amide bonds. The second-order valence-corrected chi connectivity index (χ2v) is 5.23. The van der Waals surface area contributed by atoms with Crippen LogP contribution in [0.1, 0.15) is 64.7 Å². The zero-order chi connectivity index (χ0) is 14.5. The number of carboxylic acids is 1. The third-order valence-corrected chi connectivity index (χ3v) is 3.44. The molecule has 0 heterocycles. The SMILES string of the molecule is CCCCCCCCCCC(=O)NC(CS)C(=O)O. The maximum Gasteiger partial charge on any atom is 0.327 e. The van der Waals surface area contributed by atoms with Crippen LogP contribution in [0.25, 0.3) is 0 Å². The highest BCUT2D eigenvalue weighted by molar-refractivity contribution is 7.80. The highest BCUT2D eigenvalue weighted by Crippen LogP contribution is 2.09. The molecule has 0 spiro atoms. The zero-order valence-corrected chi connectivity index (χ0v) is 12.8. The van der Waals surface area contributed by atoms with Gasteiger partial charge in [0.05, 0.1) is 0 Å². The first-order chi connectivity index (χ1) is 9.11. The number of amides is 1. The minimum absolute atomic E-state index is 0.124. The molecule has 0 aromatic carbocycles. The van der Waals surface area contributed by atoms with Crippen LogP contribution < -0.4 is 5.32 Å². The Kier molecular flexibility index (Phi) is 11.9. The number of carbonyl (C=O) groups excluding carboxylic acids is 1. The van der Waals surface area contributed by atoms with Gasteiger partial charge >= 0.3 is 5.97 Å². The third kappa shape index (κ3) is 10.9. The smallest absolute Gasteiger partial charge is 0.327 e. The van der Waals surface area contributed by atoms with Crippen molar-refractivity contribution < 1.29 is 14.7 Å². The van der Waals surface area contributed by atoms with E-state index in [9.17, 15) is 9.59 Å². The van der Waals surface area contributed by atoms with E-state index in [0.29, 0.717) is 6.42 Å². The van der Waals surface area contributed by atoms with Crippen molar-refractivity contribution in [2.45, 2.75) is 70.8 Å². The molecule has 0 aliphatic rings. The second kappa shape index (κ2) is 12.3. The van der Waals surface area contributed by atoms with Gasteiger partial charge in [0, 0.05) is 12.2 Å². The lowest BCUT2D eigenvalue weighted by atomic mass is 10.1. The lowest BCUT2D eigenvalue weighted by Crippen LogP contribution is -2.42. The van der Waals surface area contributed by atoms with E-state index in [2.05, 4.69) is 24.9 Å². The van der Waals surface area contributed by atoms with E-state index in [4.69, 9.17) is 5.11 Å². The van der Waals surface area contributed by atoms with Crippen molar-refractivity contribution in [3.8, 4) is 0 Å². The summed E-state index contributed by atoms with van der Waals surface area (Å²) in [7, 11) is 0. The summed E-state index contributed by atoms with van der Waals surface area (Å²) >= 11 is 3.90. The molecule has 0 radical (unpaired) electrons. The van der Waals surface area contributed by atoms with Gasteiger partial charge in [0.2, 0.25) is 5.91 Å². The number of aliphatic carboxylic acids is 1. The molecule has 0 aliphatic carbocycles. The van der Waals surface area contributed by atoms with Gasteiger partial charge in [0.15, 0.2) is 0 Å². The molecule has 0 aromatic rings. The van der Waals surface area contributed by atoms with Crippen LogP contribution >= 0.6 is 12.6 Å². The topological polar surface area (TPSA) is 66.4 Å². The average molecular weight is 289 g/mol. The second-order valence-electron chi connectivity index (χ2n) is 4.87. The minimum Gasteiger partial charge on any atom is -0.480 e. The van der Waals surface area contributed by atoms with E-state index in [0.717, 1.165) is 19.3 Å². The number of carboxylic acid groups (broad SMARTS) is 1. The first kappa shape index (κ1) is 18.3. The van der Waals surface area contributed by atoms with Gasteiger partial charge in [-0.3, -0.25) is 4.79 Å². The van der Waals surface area contributed by atoms with Gasteiger partial charge in [-0.15, -0.1) is 0 Å². The fourth-order valence-corrected chi connectivity index (χ4v) is 2.12. The van der Waals surface area contributed by atoms with Crippen molar-refractivity contribution in [1.82, 2.24) is 5.32 Å². The molecule has 0 aromatic heterocycles. The predicted octanol–water partition coefficient (Wildman–Crippen LogP) is 3.02. The fraction of sp³-hybridized carbons (Fsp3) is 0.857. The Labute approximate surface area is 121 Å². The number of thiol groups is 1. The summed E-state index contributed by atoms with van der Waals surface area (Å²) in [6, 6.07) is -0.870. The Morgan fingerprint density at radius 1 is 1.05 bits per heavy atom. The van der Waals surface area contributed by atoms with E-state index < -0.39 is 12.0 Å². The van der Waals surface area contributed by atoms with Crippen LogP contribution in [0.15, 0.2) is 0 Å². The summed E-state index contributed by atoms with van der Waals surface area (Å²) in [6.07, 6.45) is 9.82. The van der Waals surface area contributed by atoms with Crippen LogP contribution in [-0.4, -0.2) is 28.8 Å². The van der Waals surface area contributed by atoms with Gasteiger partial charge in [0.1, 0.15) is 6.04 Å². The molecule has 0 aliphatic heterocycles. The molecule has 4 nitrogen and oxygen atoms in total. The monoisotopic (exact) mass is 289 g/mol. The van der Waals surface area contributed by atoms with E-state index in [1.807, 2.05) is 0 Å². The molecule has 112 valence electrons. The van der Waals surface area contributed by atoms with Gasteiger partial charge in [-0.25, -0.2) is 4.79 Å². The van der Waals surface area contributed by atoms with Gasteiger partial charge < -0.3 is 10.4 Å². The fourth-order valence-electron chi connectivity index (χ4n) is 1.87. The number of hydrogen-bond acceptors (Lipinski definition) is 3. The summed E-state index contributed by atoms with van der Waals surface area (Å²) in [5, 5.41) is 11.2. The van der Waals surface area contributed by atoms with Crippen molar-refractivity contribution in [3.63, 3.8) is 0 Å². The lowest BCUT2D eigenvalue weighted by molar-refractivity contribution is -0.141. The van der Waals surface area contributed by atoms with Gasteiger partial charge in [-0.1, -0.05) is 51.9 Å². The number of nitrogens with one attached hydrogen (secondary N) is 1. The van der Waals surface area contributed by atoms with Crippen molar-refractivity contribution in [1.29, 1.82) is 0 Å². The molecule has 0 fully saturated rings. The highest BCUT2D eigenvalue weighted by Gasteiger charge is 2.17. The first-order valence-electron chi connectivity index (χ1n) is 7.24. The highest BCUT2D eigenvalue weighted by atomic mass is 32.1. The van der Waals surface area contributed by atoms with E-state index in [-0.39, 0.29) is 11.7 Å². The average Bonchev–Trinajstić information content (AvgIpc) is 2.38. The molecule has 1 unspecified atom stereocenters. The summed E-state index contributed by atoms with van der Waals surface area (Å²) in [4.78, 5) is 22.2. The summed E-state index contributed by atoms with van der Waals surface area (Å²) in [6.45, 7) is 2.20. The normalized spacial score (nSPS) is 12.1. The molecular formula is C14H27NO3S. The molecular weight excluding hydrogens is 262 g/mol. The van der Waals surface area contributed by atoms with Crippen molar-refractivity contribution in [3.05, 3.63) is 0 Å². The predicted molar refractivity (Wildman–Crippen MR) is 80.6 cm³/mol. The van der Waals surface area contributed by atoms with E-state index >= 15 is 0 Å². The molecule has 19 heavy (non-hydrogen) atoms. The van der Waals surface area contributed by atoms with Gasteiger partial charge in [-0.05, 0) is 6.42 Å². The van der Waals surface area contributed by atoms with Crippen LogP contribution in [0.5, 0.6) is 0 Å². The van der Waals surface area contributed by atoms with Gasteiger partial charge in [0.25, 0.3) is 0 Å². The molecule has 0 saturated carbocycles. The maximum absolute atomic E-state index is 11.5. The van der Waals surface area contributed by atoms with E-state index in [1.54, 1.807) is 0 Å². The largest absolute Gasteiger partial charge is 0.480 e. The number of hydrogen-bond donors (Lipinski definition) is 3. The first-order valence-corrected chi connectivity index (χ1v) is 7.88. The standard InChI is InChI=1S/C14H27NO3S/c1-2-3-4-5-6-7-8-9-10-13(16)15-12(11-19)14(17)18/h12,19H,2-11H2,1H3,(H,15,16)(H,17,18). The number of carbonyl (C=O) groups is 2. The van der Waals surface area contributed by atoms with Crippen LogP contribution in [-0.2, 0) is 9.59 Å². The Morgan fingerprint density at radius 3 is 2.05 bits per heavy atom. The minimum atomic E-state index is -1.03. The van der Waals surface area contributed by atoms with Crippen LogP contribution in [0, 0.1) is 0 Å². The molecule has 1 atom stereocenters. The summed E-state index contributed by atoms with van der Waals surface area (Å²) in [5.41, 5.74) is 0. The summed E-state index contributed by atoms with van der Waals surface area (Å²) < 4.78 is 0. The Bertz CT molecular complexity index is 259. The maximum atomic E-state index is 11.5. The Balaban J connectivity index is 3.45. The Hall–Kier alpha value is -0.710. The molecule has 0 bridgehead atoms. The molecule has 2 N–H and O–H groups in total.